The molecule has 0 heterocycles. The lowest BCUT2D eigenvalue weighted by Crippen LogP contribution is -2.32. The number of carboxylic acid groups (broad SMARTS) is 4. The Morgan fingerprint density at radius 3 is 0.846 bits per heavy atom. The van der Waals surface area contributed by atoms with Crippen LogP contribution in [0.1, 0.15) is 12.8 Å². The minimum atomic E-state index is -0.982. The van der Waals surface area contributed by atoms with Crippen LogP contribution < -0.4 is 0 Å². The summed E-state index contributed by atoms with van der Waals surface area (Å²) < 4.78 is 0. The molecule has 4 N–H and O–H groups in total. The molecule has 140 valence electrons. The van der Waals surface area contributed by atoms with Crippen molar-refractivity contribution in [2.75, 3.05) is 0 Å². The van der Waals surface area contributed by atoms with Crippen LogP contribution in [0.2, 0.25) is 0 Å². The Morgan fingerprint density at radius 2 is 0.692 bits per heavy atom. The fourth-order valence-electron chi connectivity index (χ4n) is 4.99. The van der Waals surface area contributed by atoms with Gasteiger partial charge in [0.1, 0.15) is 0 Å². The van der Waals surface area contributed by atoms with Crippen molar-refractivity contribution < 1.29 is 39.6 Å². The molecule has 0 spiro atoms. The molecule has 4 rings (SSSR count). The third kappa shape index (κ3) is 2.89. The molecule has 8 nitrogen and oxygen atoms in total. The van der Waals surface area contributed by atoms with E-state index in [1.165, 1.54) is 0 Å². The lowest BCUT2D eigenvalue weighted by atomic mass is 9.83. The molecule has 8 heteroatoms. The van der Waals surface area contributed by atoms with Crippen molar-refractivity contribution in [3.63, 3.8) is 0 Å². The summed E-state index contributed by atoms with van der Waals surface area (Å²) in [6, 6.07) is 0. The van der Waals surface area contributed by atoms with Crippen molar-refractivity contribution in [1.29, 1.82) is 0 Å². The summed E-state index contributed by atoms with van der Waals surface area (Å²) in [5.41, 5.74) is 0. The first-order chi connectivity index (χ1) is 12.2. The van der Waals surface area contributed by atoms with Gasteiger partial charge in [-0.25, -0.2) is 0 Å². The number of carbonyl (C=O) groups is 4. The number of rotatable bonds is 4. The number of aliphatic carboxylic acids is 4. The minimum absolute atomic E-state index is 0.0661. The van der Waals surface area contributed by atoms with Gasteiger partial charge in [0.05, 0.1) is 23.7 Å². The molecular formula is C18H20O8. The van der Waals surface area contributed by atoms with Crippen LogP contribution in [0.4, 0.5) is 0 Å². The molecule has 0 aromatic carbocycles. The summed E-state index contributed by atoms with van der Waals surface area (Å²) in [7, 11) is 0. The van der Waals surface area contributed by atoms with Crippen LogP contribution in [0.5, 0.6) is 0 Å². The number of hydrogen-bond acceptors (Lipinski definition) is 4. The average molecular weight is 364 g/mol. The van der Waals surface area contributed by atoms with Gasteiger partial charge in [0.2, 0.25) is 0 Å². The second-order valence-corrected chi connectivity index (χ2v) is 7.35. The summed E-state index contributed by atoms with van der Waals surface area (Å²) in [6.45, 7) is 0. The normalized spacial score (nSPS) is 40.9. The quantitative estimate of drug-likeness (QED) is 0.543. The van der Waals surface area contributed by atoms with Crippen LogP contribution in [0.3, 0.4) is 0 Å². The maximum absolute atomic E-state index is 10.8. The summed E-state index contributed by atoms with van der Waals surface area (Å²) in [6.07, 6.45) is 8.72. The molecule has 8 atom stereocenters. The number of carboxylic acids is 4. The van der Waals surface area contributed by atoms with Crippen molar-refractivity contribution >= 4 is 23.9 Å². The molecular weight excluding hydrogens is 344 g/mol. The van der Waals surface area contributed by atoms with Crippen molar-refractivity contribution in [1.82, 2.24) is 0 Å². The van der Waals surface area contributed by atoms with Gasteiger partial charge < -0.3 is 20.4 Å². The van der Waals surface area contributed by atoms with Crippen molar-refractivity contribution in [2.45, 2.75) is 12.8 Å². The number of hydrogen-bond donors (Lipinski definition) is 4. The number of fused-ring (bicyclic) bond motifs is 4. The van der Waals surface area contributed by atoms with Gasteiger partial charge in [-0.1, -0.05) is 24.3 Å². The second kappa shape index (κ2) is 6.59. The summed E-state index contributed by atoms with van der Waals surface area (Å²) in [4.78, 5) is 43.2. The summed E-state index contributed by atoms with van der Waals surface area (Å²) in [5, 5.41) is 35.4. The van der Waals surface area contributed by atoms with Gasteiger partial charge in [0.15, 0.2) is 0 Å². The Kier molecular flexibility index (Phi) is 4.60. The average Bonchev–Trinajstić information content (AvgIpc) is 3.32. The van der Waals surface area contributed by atoms with Crippen molar-refractivity contribution in [2.24, 2.45) is 47.3 Å². The molecule has 26 heavy (non-hydrogen) atoms. The molecule has 0 aromatic rings. The van der Waals surface area contributed by atoms with E-state index in [4.69, 9.17) is 20.4 Å². The van der Waals surface area contributed by atoms with E-state index in [0.29, 0.717) is 12.8 Å². The Bertz CT molecular complexity index is 592. The van der Waals surface area contributed by atoms with E-state index < -0.39 is 47.5 Å². The van der Waals surface area contributed by atoms with Gasteiger partial charge in [0.25, 0.3) is 0 Å². The van der Waals surface area contributed by atoms with Gasteiger partial charge >= 0.3 is 23.9 Å². The molecule has 4 bridgehead atoms. The van der Waals surface area contributed by atoms with Crippen LogP contribution in [-0.2, 0) is 19.2 Å². The van der Waals surface area contributed by atoms with E-state index in [-0.39, 0.29) is 23.7 Å². The molecule has 0 radical (unpaired) electrons. The first-order valence-corrected chi connectivity index (χ1v) is 8.50. The van der Waals surface area contributed by atoms with E-state index in [2.05, 4.69) is 0 Å². The molecule has 0 aromatic heterocycles. The second-order valence-electron chi connectivity index (χ2n) is 7.35. The first kappa shape index (κ1) is 18.2. The van der Waals surface area contributed by atoms with E-state index in [0.717, 1.165) is 0 Å². The molecule has 2 fully saturated rings. The highest BCUT2D eigenvalue weighted by Gasteiger charge is 2.52. The maximum Gasteiger partial charge on any atom is 0.307 e. The van der Waals surface area contributed by atoms with E-state index in [9.17, 15) is 19.2 Å². The van der Waals surface area contributed by atoms with Crippen molar-refractivity contribution in [3.05, 3.63) is 24.3 Å². The zero-order valence-corrected chi connectivity index (χ0v) is 13.8. The third-order valence-corrected chi connectivity index (χ3v) is 6.06. The standard InChI is InChI=1S/2C9H10O4/c2*10-8(11)6-4-1-2-5(3-4)7(6)9(12)13/h2*1-2,4-7H,3H2,(H,10,11)(H,12,13)/t2*4?,5?,6-,7+. The molecule has 4 aliphatic carbocycles. The maximum atomic E-state index is 10.8. The van der Waals surface area contributed by atoms with E-state index in [1.54, 1.807) is 0 Å². The highest BCUT2D eigenvalue weighted by atomic mass is 16.4. The highest BCUT2D eigenvalue weighted by Crippen LogP contribution is 2.48. The molecule has 0 saturated heterocycles. The Balaban J connectivity index is 0.000000151. The van der Waals surface area contributed by atoms with E-state index in [1.807, 2.05) is 24.3 Å². The monoisotopic (exact) mass is 364 g/mol. The van der Waals surface area contributed by atoms with Crippen LogP contribution in [0, 0.1) is 47.3 Å². The van der Waals surface area contributed by atoms with Gasteiger partial charge in [-0.05, 0) is 36.5 Å². The van der Waals surface area contributed by atoms with Crippen molar-refractivity contribution in [3.8, 4) is 0 Å². The van der Waals surface area contributed by atoms with Gasteiger partial charge in [-0.2, -0.15) is 0 Å². The molecule has 4 unspecified atom stereocenters. The lowest BCUT2D eigenvalue weighted by Gasteiger charge is -2.20. The fourth-order valence-corrected chi connectivity index (χ4v) is 4.99. The Hall–Kier alpha value is -2.64. The van der Waals surface area contributed by atoms with Crippen LogP contribution in [-0.4, -0.2) is 44.3 Å². The van der Waals surface area contributed by atoms with Gasteiger partial charge in [0, 0.05) is 0 Å². The first-order valence-electron chi connectivity index (χ1n) is 8.50. The molecule has 0 amide bonds. The summed E-state index contributed by atoms with van der Waals surface area (Å²) in [5.74, 6) is -7.05. The topological polar surface area (TPSA) is 149 Å². The van der Waals surface area contributed by atoms with Crippen LogP contribution in [0.25, 0.3) is 0 Å². The predicted octanol–water partition coefficient (Wildman–Crippen LogP) is 1.19. The summed E-state index contributed by atoms with van der Waals surface area (Å²) >= 11 is 0. The van der Waals surface area contributed by atoms with Crippen LogP contribution in [0.15, 0.2) is 24.3 Å². The lowest BCUT2D eigenvalue weighted by molar-refractivity contribution is -0.154. The van der Waals surface area contributed by atoms with Gasteiger partial charge in [-0.15, -0.1) is 0 Å². The van der Waals surface area contributed by atoms with Gasteiger partial charge in [-0.3, -0.25) is 19.2 Å². The molecule has 2 saturated carbocycles. The Labute approximate surface area is 148 Å². The predicted molar refractivity (Wildman–Crippen MR) is 86.0 cm³/mol. The SMILES string of the molecule is O=C(O)[C@@H]1C2C=CC(C2)[C@@H]1C(=O)O.O=C(O)[C@@H]1C2C=CC(C2)[C@@H]1C(=O)O. The molecule has 0 aliphatic heterocycles. The van der Waals surface area contributed by atoms with E-state index >= 15 is 0 Å². The molecule has 4 aliphatic rings. The third-order valence-electron chi connectivity index (χ3n) is 6.06. The number of allylic oxidation sites excluding steroid dienone is 4. The minimum Gasteiger partial charge on any atom is -0.481 e. The Morgan fingerprint density at radius 1 is 0.500 bits per heavy atom. The largest absolute Gasteiger partial charge is 0.481 e. The fraction of sp³-hybridized carbons (Fsp3) is 0.556. The smallest absolute Gasteiger partial charge is 0.307 e. The van der Waals surface area contributed by atoms with Crippen LogP contribution >= 0.6 is 0 Å². The zero-order valence-electron chi connectivity index (χ0n) is 13.8. The highest BCUT2D eigenvalue weighted by molar-refractivity contribution is 5.83. The zero-order chi connectivity index (χ0) is 19.2.